The summed E-state index contributed by atoms with van der Waals surface area (Å²) < 4.78 is 0. The molecule has 0 N–H and O–H groups in total. The van der Waals surface area contributed by atoms with Crippen LogP contribution in [0.5, 0.6) is 0 Å². The minimum atomic E-state index is 0.202. The average Bonchev–Trinajstić information content (AvgIpc) is 2.17. The molecule has 0 spiro atoms. The average molecular weight is 202 g/mol. The van der Waals surface area contributed by atoms with Crippen molar-refractivity contribution in [2.45, 2.75) is 26.7 Å². The minimum Gasteiger partial charge on any atom is -0.299 e. The number of Topliss-reactive ketones (excluding diaryl/α,β-unsaturated/α-hetero) is 1. The second kappa shape index (κ2) is 5.26. The Labute approximate surface area is 90.0 Å². The second-order valence-electron chi connectivity index (χ2n) is 3.93. The van der Waals surface area contributed by atoms with Crippen molar-refractivity contribution in [2.24, 2.45) is 5.92 Å². The molecule has 0 aliphatic heterocycles. The van der Waals surface area contributed by atoms with Gasteiger partial charge in [0.05, 0.1) is 6.57 Å². The normalized spacial score (nSPS) is 10.0. The Kier molecular flexibility index (Phi) is 3.99. The van der Waals surface area contributed by atoms with Crippen LogP contribution in [-0.2, 0) is 11.2 Å². The standard InChI is InChI=1S/C12H14N2O/c1-9(2)6-12(15)7-10-4-5-11(13-3)8-14-10/h4-5,8-9H,6-7H2,1-2H3. The summed E-state index contributed by atoms with van der Waals surface area (Å²) in [5.74, 6) is 0.591. The summed E-state index contributed by atoms with van der Waals surface area (Å²) in [5, 5.41) is 0. The van der Waals surface area contributed by atoms with Crippen LogP contribution >= 0.6 is 0 Å². The lowest BCUT2D eigenvalue weighted by atomic mass is 10.0. The van der Waals surface area contributed by atoms with E-state index >= 15 is 0 Å². The highest BCUT2D eigenvalue weighted by Gasteiger charge is 2.06. The van der Waals surface area contributed by atoms with Gasteiger partial charge in [0, 0.05) is 24.7 Å². The fourth-order valence-corrected chi connectivity index (χ4v) is 1.32. The molecule has 0 bridgehead atoms. The number of hydrogen-bond donors (Lipinski definition) is 0. The quantitative estimate of drug-likeness (QED) is 0.703. The molecule has 3 heteroatoms. The van der Waals surface area contributed by atoms with E-state index in [4.69, 9.17) is 6.57 Å². The molecular formula is C12H14N2O. The van der Waals surface area contributed by atoms with Gasteiger partial charge in [-0.3, -0.25) is 9.78 Å². The van der Waals surface area contributed by atoms with Crippen molar-refractivity contribution >= 4 is 11.5 Å². The molecule has 15 heavy (non-hydrogen) atoms. The molecule has 1 heterocycles. The van der Waals surface area contributed by atoms with Crippen molar-refractivity contribution in [2.75, 3.05) is 0 Å². The molecule has 0 unspecified atom stereocenters. The summed E-state index contributed by atoms with van der Waals surface area (Å²) in [6.07, 6.45) is 2.47. The summed E-state index contributed by atoms with van der Waals surface area (Å²) in [5.41, 5.74) is 1.25. The molecule has 0 saturated heterocycles. The second-order valence-corrected chi connectivity index (χ2v) is 3.93. The third-order valence-corrected chi connectivity index (χ3v) is 1.95. The fourth-order valence-electron chi connectivity index (χ4n) is 1.32. The fraction of sp³-hybridized carbons (Fsp3) is 0.417. The first-order chi connectivity index (χ1) is 7.11. The SMILES string of the molecule is [C-]#[N+]c1ccc(CC(=O)CC(C)C)nc1. The maximum Gasteiger partial charge on any atom is 0.205 e. The summed E-state index contributed by atoms with van der Waals surface area (Å²) in [6, 6.07) is 3.43. The zero-order valence-electron chi connectivity index (χ0n) is 9.03. The number of aromatic nitrogens is 1. The zero-order valence-corrected chi connectivity index (χ0v) is 9.03. The van der Waals surface area contributed by atoms with Crippen LogP contribution in [-0.4, -0.2) is 10.8 Å². The highest BCUT2D eigenvalue weighted by atomic mass is 16.1. The molecule has 78 valence electrons. The predicted molar refractivity (Wildman–Crippen MR) is 58.7 cm³/mol. The van der Waals surface area contributed by atoms with Crippen LogP contribution in [0.1, 0.15) is 26.0 Å². The van der Waals surface area contributed by atoms with Crippen LogP contribution in [0.4, 0.5) is 5.69 Å². The van der Waals surface area contributed by atoms with E-state index in [-0.39, 0.29) is 5.78 Å². The van der Waals surface area contributed by atoms with Gasteiger partial charge in [0.15, 0.2) is 0 Å². The monoisotopic (exact) mass is 202 g/mol. The summed E-state index contributed by atoms with van der Waals surface area (Å²) >= 11 is 0. The van der Waals surface area contributed by atoms with E-state index in [1.54, 1.807) is 12.1 Å². The Balaban J connectivity index is 2.58. The largest absolute Gasteiger partial charge is 0.299 e. The van der Waals surface area contributed by atoms with Gasteiger partial charge in [0.1, 0.15) is 5.78 Å². The first-order valence-corrected chi connectivity index (χ1v) is 4.96. The molecular weight excluding hydrogens is 188 g/mol. The molecule has 0 aliphatic rings. The maximum atomic E-state index is 11.5. The molecule has 0 fully saturated rings. The molecule has 1 rings (SSSR count). The topological polar surface area (TPSA) is 34.3 Å². The van der Waals surface area contributed by atoms with Crippen molar-refractivity contribution < 1.29 is 4.79 Å². The highest BCUT2D eigenvalue weighted by Crippen LogP contribution is 2.11. The van der Waals surface area contributed by atoms with Crippen molar-refractivity contribution in [3.8, 4) is 0 Å². The molecule has 0 atom stereocenters. The van der Waals surface area contributed by atoms with E-state index in [1.807, 2.05) is 13.8 Å². The molecule has 1 aromatic rings. The maximum absolute atomic E-state index is 11.5. The van der Waals surface area contributed by atoms with Gasteiger partial charge in [-0.15, -0.1) is 0 Å². The van der Waals surface area contributed by atoms with E-state index in [0.717, 1.165) is 5.69 Å². The van der Waals surface area contributed by atoms with Crippen LogP contribution in [0.3, 0.4) is 0 Å². The third-order valence-electron chi connectivity index (χ3n) is 1.95. The number of ketones is 1. The number of rotatable bonds is 4. The van der Waals surface area contributed by atoms with Crippen LogP contribution in [0.2, 0.25) is 0 Å². The Hall–Kier alpha value is -1.69. The van der Waals surface area contributed by atoms with Gasteiger partial charge in [-0.25, -0.2) is 4.85 Å². The lowest BCUT2D eigenvalue weighted by Gasteiger charge is -2.03. The number of hydrogen-bond acceptors (Lipinski definition) is 2. The van der Waals surface area contributed by atoms with E-state index in [1.165, 1.54) is 6.20 Å². The summed E-state index contributed by atoms with van der Waals surface area (Å²) in [6.45, 7) is 10.8. The number of pyridine rings is 1. The van der Waals surface area contributed by atoms with Crippen molar-refractivity contribution in [3.63, 3.8) is 0 Å². The van der Waals surface area contributed by atoms with E-state index in [0.29, 0.717) is 24.4 Å². The van der Waals surface area contributed by atoms with Crippen molar-refractivity contribution in [3.05, 3.63) is 35.4 Å². The highest BCUT2D eigenvalue weighted by molar-refractivity contribution is 5.80. The van der Waals surface area contributed by atoms with Crippen LogP contribution in [0, 0.1) is 12.5 Å². The van der Waals surface area contributed by atoms with Crippen LogP contribution < -0.4 is 0 Å². The summed E-state index contributed by atoms with van der Waals surface area (Å²) in [4.78, 5) is 18.8. The van der Waals surface area contributed by atoms with Gasteiger partial charge in [-0.05, 0) is 5.92 Å². The van der Waals surface area contributed by atoms with Gasteiger partial charge in [0.25, 0.3) is 0 Å². The zero-order chi connectivity index (χ0) is 11.3. The Morgan fingerprint density at radius 3 is 2.73 bits per heavy atom. The number of carbonyl (C=O) groups is 1. The van der Waals surface area contributed by atoms with Gasteiger partial charge in [-0.1, -0.05) is 26.0 Å². The Bertz CT molecular complexity index is 374. The molecule has 0 amide bonds. The lowest BCUT2D eigenvalue weighted by molar-refractivity contribution is -0.119. The van der Waals surface area contributed by atoms with E-state index in [2.05, 4.69) is 9.83 Å². The summed E-state index contributed by atoms with van der Waals surface area (Å²) in [7, 11) is 0. The Morgan fingerprint density at radius 1 is 1.53 bits per heavy atom. The molecule has 0 aromatic carbocycles. The minimum absolute atomic E-state index is 0.202. The van der Waals surface area contributed by atoms with Crippen LogP contribution in [0.15, 0.2) is 18.3 Å². The van der Waals surface area contributed by atoms with E-state index < -0.39 is 0 Å². The first kappa shape index (κ1) is 11.4. The molecule has 3 nitrogen and oxygen atoms in total. The van der Waals surface area contributed by atoms with Gasteiger partial charge >= 0.3 is 0 Å². The lowest BCUT2D eigenvalue weighted by Crippen LogP contribution is -2.07. The Morgan fingerprint density at radius 2 is 2.27 bits per heavy atom. The van der Waals surface area contributed by atoms with Crippen molar-refractivity contribution in [1.29, 1.82) is 0 Å². The van der Waals surface area contributed by atoms with Gasteiger partial charge < -0.3 is 0 Å². The van der Waals surface area contributed by atoms with E-state index in [9.17, 15) is 4.79 Å². The third kappa shape index (κ3) is 3.90. The van der Waals surface area contributed by atoms with Crippen molar-refractivity contribution in [1.82, 2.24) is 4.98 Å². The molecule has 0 aliphatic carbocycles. The smallest absolute Gasteiger partial charge is 0.205 e. The van der Waals surface area contributed by atoms with Gasteiger partial charge in [-0.2, -0.15) is 0 Å². The first-order valence-electron chi connectivity index (χ1n) is 4.96. The van der Waals surface area contributed by atoms with Gasteiger partial charge in [0.2, 0.25) is 5.69 Å². The molecule has 1 aromatic heterocycles. The number of carbonyl (C=O) groups excluding carboxylic acids is 1. The predicted octanol–water partition coefficient (Wildman–Crippen LogP) is 2.79. The van der Waals surface area contributed by atoms with Crippen LogP contribution in [0.25, 0.3) is 4.85 Å². The molecule has 0 saturated carbocycles. The molecule has 0 radical (unpaired) electrons. The number of nitrogens with zero attached hydrogens (tertiary/aromatic N) is 2.